The van der Waals surface area contributed by atoms with Gasteiger partial charge in [-0.05, 0) is 70.1 Å². The van der Waals surface area contributed by atoms with Gasteiger partial charge in [0.25, 0.3) is 0 Å². The molecule has 0 aliphatic carbocycles. The van der Waals surface area contributed by atoms with Crippen LogP contribution in [0.5, 0.6) is 0 Å². The van der Waals surface area contributed by atoms with Gasteiger partial charge in [0.1, 0.15) is 20.2 Å². The molecule has 0 aliphatic heterocycles. The Morgan fingerprint density at radius 2 is 1.10 bits per heavy atom. The van der Waals surface area contributed by atoms with Crippen LogP contribution in [0.15, 0.2) is 105 Å². The Bertz CT molecular complexity index is 2430. The molecule has 24 heteroatoms. The second kappa shape index (κ2) is 20.8. The molecule has 1 aromatic heterocycles. The molecule has 248 valence electrons. The summed E-state index contributed by atoms with van der Waals surface area (Å²) in [5.41, 5.74) is 0.914. The number of anilines is 4. The monoisotopic (exact) mass is 820 g/mol. The Labute approximate surface area is 392 Å². The summed E-state index contributed by atoms with van der Waals surface area (Å²) in [5.74, 6) is 0.652. The van der Waals surface area contributed by atoms with Gasteiger partial charge < -0.3 is 30.3 Å². The van der Waals surface area contributed by atoms with E-state index in [-0.39, 0.29) is 135 Å². The zero-order chi connectivity index (χ0) is 34.1. The van der Waals surface area contributed by atoms with Gasteiger partial charge in [-0.1, -0.05) is 36.4 Å². The fourth-order valence-corrected chi connectivity index (χ4v) is 7.31. The van der Waals surface area contributed by atoms with Crippen molar-refractivity contribution in [1.29, 1.82) is 0 Å². The number of rotatable bonds is 12. The van der Waals surface area contributed by atoms with Crippen LogP contribution < -0.4 is 139 Å². The molecule has 0 unspecified atom stereocenters. The first-order valence-corrected chi connectivity index (χ1v) is 17.4. The molecule has 0 fully saturated rings. The van der Waals surface area contributed by atoms with Crippen molar-refractivity contribution >= 4 is 99.6 Å². The van der Waals surface area contributed by atoms with E-state index in [9.17, 15) is 36.5 Å². The number of benzene rings is 5. The van der Waals surface area contributed by atoms with Gasteiger partial charge >= 0.3 is 118 Å². The number of fused-ring (bicyclic) bond motifs is 3. The summed E-state index contributed by atoms with van der Waals surface area (Å²) in [6.07, 6.45) is 0. The zero-order valence-electron chi connectivity index (χ0n) is 27.5. The topological polar surface area (TPSA) is 247 Å². The number of hydrogen-bond acceptors (Lipinski definition) is 18. The van der Waals surface area contributed by atoms with E-state index in [4.69, 9.17) is 0 Å². The second-order valence-corrected chi connectivity index (χ2v) is 14.0. The van der Waals surface area contributed by atoms with Gasteiger partial charge in [-0.25, -0.2) is 16.8 Å². The average molecular weight is 821 g/mol. The van der Waals surface area contributed by atoms with Crippen molar-refractivity contribution in [3.63, 3.8) is 0 Å². The van der Waals surface area contributed by atoms with Crippen LogP contribution in [0.3, 0.4) is 0 Å². The molecule has 0 amide bonds. The summed E-state index contributed by atoms with van der Waals surface area (Å²) in [4.78, 5) is -0.762. The third-order valence-corrected chi connectivity index (χ3v) is 9.74. The van der Waals surface area contributed by atoms with Crippen LogP contribution >= 0.6 is 24.1 Å². The maximum absolute atomic E-state index is 11.8. The summed E-state index contributed by atoms with van der Waals surface area (Å²) in [6.45, 7) is 0. The standard InChI is InChI=1S/C28H20N4O12S4.4Na/c33-41-43-45-19-11-15-9-17(5-7-21(15)25(13-19)46-44-42-34)29-27-23-3-1-2-4-24(23)28(32-31-27)30-18-6-8-22-16(10-18)12-20(47(35,36)37)14-26(22)48(38,39)40;;;;/h1-14,33-34H,(H,29,31)(H,30,32)(H,35,36,37)(H,38,39,40);;;;/q;4*+1/p-4. The van der Waals surface area contributed by atoms with Crippen LogP contribution in [0.1, 0.15) is 0 Å². The fraction of sp³-hybridized carbons (Fsp3) is 0. The number of hydrogen-bond donors (Lipinski definition) is 2. The third-order valence-electron chi connectivity index (χ3n) is 6.86. The predicted molar refractivity (Wildman–Crippen MR) is 166 cm³/mol. The minimum absolute atomic E-state index is 0. The molecule has 0 spiro atoms. The van der Waals surface area contributed by atoms with Gasteiger partial charge in [0.2, 0.25) is 0 Å². The fourth-order valence-electron chi connectivity index (χ4n) is 4.91. The smallest absolute Gasteiger partial charge is 0.744 e. The van der Waals surface area contributed by atoms with Crippen molar-refractivity contribution in [3.8, 4) is 0 Å². The van der Waals surface area contributed by atoms with Crippen molar-refractivity contribution < 1.29 is 173 Å². The number of aromatic nitrogens is 2. The molecule has 0 radical (unpaired) electrons. The Morgan fingerprint density at radius 3 is 1.62 bits per heavy atom. The number of nitrogens with one attached hydrogen (secondary N) is 2. The summed E-state index contributed by atoms with van der Waals surface area (Å²) in [7, 11) is -10.2. The minimum atomic E-state index is -5.12. The normalized spacial score (nSPS) is 11.2. The van der Waals surface area contributed by atoms with Crippen molar-refractivity contribution in [3.05, 3.63) is 84.9 Å². The molecule has 0 saturated heterocycles. The van der Waals surface area contributed by atoms with Gasteiger partial charge in [0.15, 0.2) is 11.6 Å². The molecule has 5 aromatic carbocycles. The van der Waals surface area contributed by atoms with Gasteiger partial charge in [0, 0.05) is 31.9 Å². The van der Waals surface area contributed by atoms with E-state index in [1.807, 2.05) is 0 Å². The Balaban J connectivity index is 0.00000234. The van der Waals surface area contributed by atoms with Crippen LogP contribution in [-0.4, -0.2) is 36.1 Å². The first kappa shape index (κ1) is 48.0. The molecular weight excluding hydrogens is 805 g/mol. The van der Waals surface area contributed by atoms with E-state index in [1.54, 1.807) is 54.6 Å². The van der Waals surface area contributed by atoms with Gasteiger partial charge in [0.05, 0.1) is 33.9 Å². The van der Waals surface area contributed by atoms with E-state index in [0.29, 0.717) is 78.7 Å². The van der Waals surface area contributed by atoms with Crippen LogP contribution in [0, 0.1) is 0 Å². The predicted octanol–water partition coefficient (Wildman–Crippen LogP) is -8.29. The largest absolute Gasteiger partial charge is 1.00 e. The zero-order valence-corrected chi connectivity index (χ0v) is 38.8. The summed E-state index contributed by atoms with van der Waals surface area (Å²) >= 11 is 1.31. The van der Waals surface area contributed by atoms with Gasteiger partial charge in [-0.2, -0.15) is 8.67 Å². The van der Waals surface area contributed by atoms with Crippen LogP contribution in [-0.2, 0) is 39.0 Å². The molecule has 6 rings (SSSR count). The van der Waals surface area contributed by atoms with E-state index < -0.39 is 30.0 Å². The van der Waals surface area contributed by atoms with E-state index in [1.165, 1.54) is 18.2 Å². The first-order valence-electron chi connectivity index (χ1n) is 13.1. The summed E-state index contributed by atoms with van der Waals surface area (Å²) < 4.78 is 79.5. The quantitative estimate of drug-likeness (QED) is 0.0383. The minimum Gasteiger partial charge on any atom is -0.744 e. The number of nitrogens with zero attached hydrogens (tertiary/aromatic N) is 2. The van der Waals surface area contributed by atoms with Crippen molar-refractivity contribution in [2.75, 3.05) is 10.6 Å². The molecule has 0 saturated carbocycles. The third kappa shape index (κ3) is 11.5. The SMILES string of the molecule is O=S(=O)([O-])c1cc(S(=O)(=O)[O-])c2ccc(Nc3nnc(Nc4ccc5c(SOO[O-])cc(SOO[O-])cc5c4)c4ccccc34)cc2c1.[Na+].[Na+].[Na+].[Na+]. The second-order valence-electron chi connectivity index (χ2n) is 9.75. The first-order chi connectivity index (χ1) is 22.9. The summed E-state index contributed by atoms with van der Waals surface area (Å²) in [6, 6.07) is 21.4. The Hall–Kier alpha value is -0.160. The van der Waals surface area contributed by atoms with Crippen LogP contribution in [0.4, 0.5) is 23.0 Å². The van der Waals surface area contributed by atoms with E-state index in [2.05, 4.69) is 39.6 Å². The maximum Gasteiger partial charge on any atom is 1.00 e. The van der Waals surface area contributed by atoms with Gasteiger partial charge in [-0.3, -0.25) is 10.1 Å². The van der Waals surface area contributed by atoms with E-state index in [0.717, 1.165) is 6.07 Å². The molecular formula is C28H16N4Na4O12S4. The molecule has 0 bridgehead atoms. The molecule has 16 nitrogen and oxygen atoms in total. The average Bonchev–Trinajstić information content (AvgIpc) is 3.05. The summed E-state index contributed by atoms with van der Waals surface area (Å²) in [5, 5.41) is 45.1. The van der Waals surface area contributed by atoms with Crippen molar-refractivity contribution in [2.45, 2.75) is 19.6 Å². The molecule has 6 aromatic rings. The van der Waals surface area contributed by atoms with E-state index >= 15 is 0 Å². The molecule has 1 heterocycles. The molecule has 2 N–H and O–H groups in total. The van der Waals surface area contributed by atoms with Crippen LogP contribution in [0.2, 0.25) is 0 Å². The Morgan fingerprint density at radius 1 is 0.577 bits per heavy atom. The van der Waals surface area contributed by atoms with Crippen molar-refractivity contribution in [2.24, 2.45) is 0 Å². The van der Waals surface area contributed by atoms with Gasteiger partial charge in [-0.15, -0.1) is 10.2 Å². The Kier molecular flexibility index (Phi) is 19.2. The molecule has 52 heavy (non-hydrogen) atoms. The van der Waals surface area contributed by atoms with Crippen LogP contribution in [0.25, 0.3) is 32.3 Å². The maximum atomic E-state index is 11.8. The molecule has 0 aliphatic rings. The molecule has 0 atom stereocenters. The van der Waals surface area contributed by atoms with Crippen molar-refractivity contribution in [1.82, 2.24) is 10.2 Å².